The van der Waals surface area contributed by atoms with E-state index >= 15 is 0 Å². The van der Waals surface area contributed by atoms with Gasteiger partial charge in [0.2, 0.25) is 5.91 Å². The van der Waals surface area contributed by atoms with Crippen LogP contribution >= 0.6 is 0 Å². The fourth-order valence-electron chi connectivity index (χ4n) is 2.13. The van der Waals surface area contributed by atoms with Gasteiger partial charge in [-0.2, -0.15) is 5.26 Å². The van der Waals surface area contributed by atoms with Crippen LogP contribution in [0.2, 0.25) is 0 Å². The molecular formula is C18H17N3O3. The number of hydrogen-bond donors (Lipinski definition) is 2. The molecule has 122 valence electrons. The quantitative estimate of drug-likeness (QED) is 0.885. The first-order chi connectivity index (χ1) is 11.5. The molecular weight excluding hydrogens is 306 g/mol. The molecule has 0 aliphatic carbocycles. The van der Waals surface area contributed by atoms with E-state index in [1.54, 1.807) is 42.5 Å². The van der Waals surface area contributed by atoms with Crippen molar-refractivity contribution in [2.45, 2.75) is 6.92 Å². The summed E-state index contributed by atoms with van der Waals surface area (Å²) in [6.45, 7) is 1.79. The summed E-state index contributed by atoms with van der Waals surface area (Å²) in [6, 6.07) is 13.8. The van der Waals surface area contributed by atoms with Crippen LogP contribution in [0.1, 0.15) is 21.5 Å². The van der Waals surface area contributed by atoms with Crippen molar-refractivity contribution in [1.82, 2.24) is 0 Å². The first-order valence-electron chi connectivity index (χ1n) is 7.25. The lowest BCUT2D eigenvalue weighted by atomic mass is 10.1. The molecule has 6 heteroatoms. The first-order valence-corrected chi connectivity index (χ1v) is 7.25. The van der Waals surface area contributed by atoms with Crippen LogP contribution in [0.3, 0.4) is 0 Å². The molecule has 0 spiro atoms. The molecule has 24 heavy (non-hydrogen) atoms. The Kier molecular flexibility index (Phi) is 5.66. The van der Waals surface area contributed by atoms with Crippen LogP contribution in [-0.4, -0.2) is 25.5 Å². The van der Waals surface area contributed by atoms with Crippen LogP contribution in [0, 0.1) is 18.3 Å². The SMILES string of the molecule is COCC(=O)Nc1ccc(C)c(NC(=O)c2ccccc2C#N)c1. The van der Waals surface area contributed by atoms with Crippen molar-refractivity contribution in [1.29, 1.82) is 5.26 Å². The zero-order valence-corrected chi connectivity index (χ0v) is 13.4. The average Bonchev–Trinajstić information content (AvgIpc) is 2.58. The summed E-state index contributed by atoms with van der Waals surface area (Å²) in [6.07, 6.45) is 0. The van der Waals surface area contributed by atoms with Crippen LogP contribution in [0.5, 0.6) is 0 Å². The molecule has 0 atom stereocenters. The van der Waals surface area contributed by atoms with E-state index in [2.05, 4.69) is 10.6 Å². The van der Waals surface area contributed by atoms with Gasteiger partial charge in [0, 0.05) is 18.5 Å². The van der Waals surface area contributed by atoms with E-state index in [4.69, 9.17) is 10.00 Å². The number of nitrogens with zero attached hydrogens (tertiary/aromatic N) is 1. The molecule has 6 nitrogen and oxygen atoms in total. The van der Waals surface area contributed by atoms with E-state index in [1.807, 2.05) is 13.0 Å². The first kappa shape index (κ1) is 17.2. The number of rotatable bonds is 5. The molecule has 2 rings (SSSR count). The summed E-state index contributed by atoms with van der Waals surface area (Å²) in [5.74, 6) is -0.663. The minimum absolute atomic E-state index is 0.0505. The second kappa shape index (κ2) is 7.90. The average molecular weight is 323 g/mol. The number of aryl methyl sites for hydroxylation is 1. The highest BCUT2D eigenvalue weighted by molar-refractivity contribution is 6.06. The van der Waals surface area contributed by atoms with Gasteiger partial charge < -0.3 is 15.4 Å². The summed E-state index contributed by atoms with van der Waals surface area (Å²) in [7, 11) is 1.44. The highest BCUT2D eigenvalue weighted by Crippen LogP contribution is 2.21. The second-order valence-electron chi connectivity index (χ2n) is 5.12. The molecule has 0 aromatic heterocycles. The van der Waals surface area contributed by atoms with Crippen molar-refractivity contribution in [3.05, 3.63) is 59.2 Å². The number of hydrogen-bond acceptors (Lipinski definition) is 4. The third kappa shape index (κ3) is 4.18. The van der Waals surface area contributed by atoms with Crippen molar-refractivity contribution in [2.75, 3.05) is 24.4 Å². The normalized spacial score (nSPS) is 9.88. The van der Waals surface area contributed by atoms with Crippen molar-refractivity contribution in [2.24, 2.45) is 0 Å². The fraction of sp³-hybridized carbons (Fsp3) is 0.167. The number of benzene rings is 2. The number of nitrogens with one attached hydrogen (secondary N) is 2. The van der Waals surface area contributed by atoms with Gasteiger partial charge in [-0.05, 0) is 36.8 Å². The predicted octanol–water partition coefficient (Wildman–Crippen LogP) is 2.70. The topological polar surface area (TPSA) is 91.2 Å². The summed E-state index contributed by atoms with van der Waals surface area (Å²) < 4.78 is 4.77. The summed E-state index contributed by atoms with van der Waals surface area (Å²) in [5.41, 5.74) is 2.54. The lowest BCUT2D eigenvalue weighted by molar-refractivity contribution is -0.119. The van der Waals surface area contributed by atoms with Gasteiger partial charge in [0.15, 0.2) is 0 Å². The minimum atomic E-state index is -0.379. The van der Waals surface area contributed by atoms with Crippen molar-refractivity contribution in [3.63, 3.8) is 0 Å². The lowest BCUT2D eigenvalue weighted by Crippen LogP contribution is -2.18. The Morgan fingerprint density at radius 3 is 2.62 bits per heavy atom. The molecule has 0 aliphatic heterocycles. The van der Waals surface area contributed by atoms with Crippen molar-refractivity contribution >= 4 is 23.2 Å². The summed E-state index contributed by atoms with van der Waals surface area (Å²) in [4.78, 5) is 24.0. The van der Waals surface area contributed by atoms with Gasteiger partial charge >= 0.3 is 0 Å². The van der Waals surface area contributed by atoms with Crippen LogP contribution in [-0.2, 0) is 9.53 Å². The van der Waals surface area contributed by atoms with Crippen molar-refractivity contribution in [3.8, 4) is 6.07 Å². The smallest absolute Gasteiger partial charge is 0.257 e. The maximum atomic E-state index is 12.4. The summed E-state index contributed by atoms with van der Waals surface area (Å²) in [5, 5.41) is 14.5. The number of carbonyl (C=O) groups excluding carboxylic acids is 2. The molecule has 2 aromatic carbocycles. The van der Waals surface area contributed by atoms with E-state index < -0.39 is 0 Å². The van der Waals surface area contributed by atoms with Crippen LogP contribution in [0.4, 0.5) is 11.4 Å². The molecule has 2 amide bonds. The molecule has 0 heterocycles. The molecule has 0 fully saturated rings. The highest BCUT2D eigenvalue weighted by atomic mass is 16.5. The zero-order chi connectivity index (χ0) is 17.5. The Morgan fingerprint density at radius 1 is 1.17 bits per heavy atom. The van der Waals surface area contributed by atoms with Crippen LogP contribution in [0.25, 0.3) is 0 Å². The van der Waals surface area contributed by atoms with E-state index in [-0.39, 0.29) is 18.4 Å². The van der Waals surface area contributed by atoms with Gasteiger partial charge in [-0.25, -0.2) is 0 Å². The molecule has 0 aliphatic rings. The minimum Gasteiger partial charge on any atom is -0.375 e. The standard InChI is InChI=1S/C18H17N3O3/c1-12-7-8-14(20-17(22)11-24-2)9-16(12)21-18(23)15-6-4-3-5-13(15)10-19/h3-9H,11H2,1-2H3,(H,20,22)(H,21,23). The Balaban J connectivity index is 2.21. The molecule has 0 bridgehead atoms. The highest BCUT2D eigenvalue weighted by Gasteiger charge is 2.12. The molecule has 0 radical (unpaired) electrons. The lowest BCUT2D eigenvalue weighted by Gasteiger charge is -2.12. The van der Waals surface area contributed by atoms with Gasteiger partial charge in [0.1, 0.15) is 6.61 Å². The maximum Gasteiger partial charge on any atom is 0.257 e. The van der Waals surface area contributed by atoms with Crippen LogP contribution in [0.15, 0.2) is 42.5 Å². The molecule has 0 saturated heterocycles. The monoisotopic (exact) mass is 323 g/mol. The Bertz CT molecular complexity index is 809. The van der Waals surface area contributed by atoms with Gasteiger partial charge in [0.05, 0.1) is 17.2 Å². The number of nitriles is 1. The number of carbonyl (C=O) groups is 2. The number of amides is 2. The fourth-order valence-corrected chi connectivity index (χ4v) is 2.13. The van der Waals surface area contributed by atoms with E-state index in [1.165, 1.54) is 7.11 Å². The van der Waals surface area contributed by atoms with E-state index in [0.29, 0.717) is 22.5 Å². The molecule has 2 N–H and O–H groups in total. The third-order valence-corrected chi connectivity index (χ3v) is 3.34. The van der Waals surface area contributed by atoms with Crippen LogP contribution < -0.4 is 10.6 Å². The van der Waals surface area contributed by atoms with E-state index in [9.17, 15) is 9.59 Å². The van der Waals surface area contributed by atoms with Gasteiger partial charge in [0.25, 0.3) is 5.91 Å². The second-order valence-corrected chi connectivity index (χ2v) is 5.12. The van der Waals surface area contributed by atoms with E-state index in [0.717, 1.165) is 5.56 Å². The van der Waals surface area contributed by atoms with Crippen molar-refractivity contribution < 1.29 is 14.3 Å². The maximum absolute atomic E-state index is 12.4. The number of methoxy groups -OCH3 is 1. The molecule has 0 saturated carbocycles. The van der Waals surface area contributed by atoms with Gasteiger partial charge in [-0.3, -0.25) is 9.59 Å². The van der Waals surface area contributed by atoms with Gasteiger partial charge in [-0.1, -0.05) is 18.2 Å². The largest absolute Gasteiger partial charge is 0.375 e. The summed E-state index contributed by atoms with van der Waals surface area (Å²) >= 11 is 0. The molecule has 0 unspecified atom stereocenters. The Hall–Kier alpha value is -3.17. The number of anilines is 2. The Labute approximate surface area is 140 Å². The zero-order valence-electron chi connectivity index (χ0n) is 13.4. The third-order valence-electron chi connectivity index (χ3n) is 3.34. The molecule has 2 aromatic rings. The Morgan fingerprint density at radius 2 is 1.92 bits per heavy atom. The van der Waals surface area contributed by atoms with Gasteiger partial charge in [-0.15, -0.1) is 0 Å². The predicted molar refractivity (Wildman–Crippen MR) is 90.8 cm³/mol. The number of ether oxygens (including phenoxy) is 1.